The number of halogens is 1. The predicted octanol–water partition coefficient (Wildman–Crippen LogP) is 4.23. The minimum absolute atomic E-state index is 0.0477. The number of phenolic OH excluding ortho intramolecular Hbond substituents is 2. The highest BCUT2D eigenvalue weighted by molar-refractivity contribution is 6.30. The van der Waals surface area contributed by atoms with Crippen LogP contribution in [0.5, 0.6) is 11.5 Å². The maximum Gasteiger partial charge on any atom is 0.119 e. The summed E-state index contributed by atoms with van der Waals surface area (Å²) >= 11 is 5.98. The average Bonchev–Trinajstić information content (AvgIpc) is 2.32. The van der Waals surface area contributed by atoms with E-state index in [1.807, 2.05) is 32.0 Å². The van der Waals surface area contributed by atoms with E-state index in [9.17, 15) is 10.2 Å². The smallest absolute Gasteiger partial charge is 0.119 e. The Morgan fingerprint density at radius 2 is 1.68 bits per heavy atom. The SMILES string of the molecule is Cc1ccc(Cl)cc1NC(C)c1cc(O)cc(O)c1. The minimum atomic E-state index is -0.0600. The number of nitrogens with one attached hydrogen (secondary N) is 1. The van der Waals surface area contributed by atoms with Crippen molar-refractivity contribution in [2.45, 2.75) is 19.9 Å². The molecule has 0 aromatic heterocycles. The zero-order valence-electron chi connectivity index (χ0n) is 10.8. The molecule has 100 valence electrons. The van der Waals surface area contributed by atoms with E-state index in [2.05, 4.69) is 5.32 Å². The van der Waals surface area contributed by atoms with Crippen LogP contribution < -0.4 is 5.32 Å². The Hall–Kier alpha value is -1.87. The summed E-state index contributed by atoms with van der Waals surface area (Å²) in [5.74, 6) is 0.0953. The Morgan fingerprint density at radius 1 is 1.05 bits per heavy atom. The molecule has 1 unspecified atom stereocenters. The van der Waals surface area contributed by atoms with Crippen molar-refractivity contribution in [2.24, 2.45) is 0 Å². The van der Waals surface area contributed by atoms with E-state index in [1.54, 1.807) is 12.1 Å². The second-order valence-electron chi connectivity index (χ2n) is 4.61. The summed E-state index contributed by atoms with van der Waals surface area (Å²) in [6.07, 6.45) is 0. The third-order valence-corrected chi connectivity index (χ3v) is 3.23. The summed E-state index contributed by atoms with van der Waals surface area (Å²) in [5.41, 5.74) is 2.82. The first-order valence-electron chi connectivity index (χ1n) is 6.01. The lowest BCUT2D eigenvalue weighted by Crippen LogP contribution is -2.07. The molecule has 0 saturated carbocycles. The van der Waals surface area contributed by atoms with E-state index in [0.717, 1.165) is 16.8 Å². The van der Waals surface area contributed by atoms with Crippen LogP contribution in [0.1, 0.15) is 24.1 Å². The molecule has 1 atom stereocenters. The largest absolute Gasteiger partial charge is 0.508 e. The summed E-state index contributed by atoms with van der Waals surface area (Å²) in [4.78, 5) is 0. The van der Waals surface area contributed by atoms with Crippen molar-refractivity contribution in [1.29, 1.82) is 0 Å². The molecule has 3 N–H and O–H groups in total. The molecule has 2 rings (SSSR count). The van der Waals surface area contributed by atoms with Gasteiger partial charge in [0, 0.05) is 22.8 Å². The maximum absolute atomic E-state index is 9.50. The number of benzene rings is 2. The van der Waals surface area contributed by atoms with E-state index >= 15 is 0 Å². The quantitative estimate of drug-likeness (QED) is 0.787. The summed E-state index contributed by atoms with van der Waals surface area (Å²) in [5, 5.41) is 23.0. The highest BCUT2D eigenvalue weighted by Gasteiger charge is 2.09. The molecule has 0 bridgehead atoms. The molecule has 0 aliphatic rings. The van der Waals surface area contributed by atoms with E-state index in [-0.39, 0.29) is 17.5 Å². The molecule has 19 heavy (non-hydrogen) atoms. The number of phenols is 2. The van der Waals surface area contributed by atoms with Crippen molar-refractivity contribution in [3.63, 3.8) is 0 Å². The zero-order valence-corrected chi connectivity index (χ0v) is 11.6. The van der Waals surface area contributed by atoms with Gasteiger partial charge in [-0.2, -0.15) is 0 Å². The molecule has 0 spiro atoms. The summed E-state index contributed by atoms with van der Waals surface area (Å²) in [7, 11) is 0. The first-order chi connectivity index (χ1) is 8.95. The van der Waals surface area contributed by atoms with Gasteiger partial charge in [-0.1, -0.05) is 17.7 Å². The van der Waals surface area contributed by atoms with Gasteiger partial charge in [0.2, 0.25) is 0 Å². The monoisotopic (exact) mass is 277 g/mol. The van der Waals surface area contributed by atoms with Crippen LogP contribution in [0.15, 0.2) is 36.4 Å². The van der Waals surface area contributed by atoms with Gasteiger partial charge >= 0.3 is 0 Å². The molecular weight excluding hydrogens is 262 g/mol. The third-order valence-electron chi connectivity index (χ3n) is 3.00. The molecule has 0 aliphatic heterocycles. The Kier molecular flexibility index (Phi) is 3.86. The molecular formula is C15H16ClNO2. The van der Waals surface area contributed by atoms with E-state index < -0.39 is 0 Å². The standard InChI is InChI=1S/C15H16ClNO2/c1-9-3-4-12(16)7-15(9)17-10(2)11-5-13(18)8-14(19)6-11/h3-8,10,17-19H,1-2H3. The second kappa shape index (κ2) is 5.41. The predicted molar refractivity (Wildman–Crippen MR) is 78.0 cm³/mol. The highest BCUT2D eigenvalue weighted by atomic mass is 35.5. The van der Waals surface area contributed by atoms with Crippen molar-refractivity contribution < 1.29 is 10.2 Å². The lowest BCUT2D eigenvalue weighted by molar-refractivity contribution is 0.448. The molecule has 2 aromatic carbocycles. The lowest BCUT2D eigenvalue weighted by atomic mass is 10.1. The van der Waals surface area contributed by atoms with Gasteiger partial charge in [0.1, 0.15) is 11.5 Å². The Morgan fingerprint density at radius 3 is 2.32 bits per heavy atom. The first kappa shape index (κ1) is 13.6. The van der Waals surface area contributed by atoms with Crippen molar-refractivity contribution in [3.8, 4) is 11.5 Å². The molecule has 0 saturated heterocycles. The fraction of sp³-hybridized carbons (Fsp3) is 0.200. The number of hydrogen-bond acceptors (Lipinski definition) is 3. The summed E-state index contributed by atoms with van der Waals surface area (Å²) in [6, 6.07) is 10.1. The number of aromatic hydroxyl groups is 2. The molecule has 0 fully saturated rings. The lowest BCUT2D eigenvalue weighted by Gasteiger charge is -2.18. The van der Waals surface area contributed by atoms with Crippen molar-refractivity contribution >= 4 is 17.3 Å². The van der Waals surface area contributed by atoms with Gasteiger partial charge in [-0.15, -0.1) is 0 Å². The molecule has 4 heteroatoms. The van der Waals surface area contributed by atoms with Gasteiger partial charge in [0.15, 0.2) is 0 Å². The third kappa shape index (κ3) is 3.32. The van der Waals surface area contributed by atoms with Gasteiger partial charge in [-0.25, -0.2) is 0 Å². The summed E-state index contributed by atoms with van der Waals surface area (Å²) in [6.45, 7) is 3.94. The van der Waals surface area contributed by atoms with Crippen LogP contribution in [0, 0.1) is 6.92 Å². The van der Waals surface area contributed by atoms with E-state index in [4.69, 9.17) is 11.6 Å². The molecule has 0 heterocycles. The molecule has 0 amide bonds. The fourth-order valence-corrected chi connectivity index (χ4v) is 2.11. The minimum Gasteiger partial charge on any atom is -0.508 e. The molecule has 0 radical (unpaired) electrons. The highest BCUT2D eigenvalue weighted by Crippen LogP contribution is 2.29. The molecule has 0 aliphatic carbocycles. The van der Waals surface area contributed by atoms with Gasteiger partial charge in [0.25, 0.3) is 0 Å². The van der Waals surface area contributed by atoms with Gasteiger partial charge in [-0.3, -0.25) is 0 Å². The maximum atomic E-state index is 9.50. The molecule has 2 aromatic rings. The topological polar surface area (TPSA) is 52.5 Å². The fourth-order valence-electron chi connectivity index (χ4n) is 1.93. The van der Waals surface area contributed by atoms with Crippen LogP contribution >= 0.6 is 11.6 Å². The zero-order chi connectivity index (χ0) is 14.0. The van der Waals surface area contributed by atoms with Crippen LogP contribution in [-0.2, 0) is 0 Å². The number of hydrogen-bond donors (Lipinski definition) is 3. The Bertz CT molecular complexity index is 578. The Labute approximate surface area is 117 Å². The van der Waals surface area contributed by atoms with E-state index in [1.165, 1.54) is 6.07 Å². The number of aryl methyl sites for hydroxylation is 1. The van der Waals surface area contributed by atoms with Crippen LogP contribution in [-0.4, -0.2) is 10.2 Å². The van der Waals surface area contributed by atoms with Crippen LogP contribution in [0.2, 0.25) is 5.02 Å². The van der Waals surface area contributed by atoms with Crippen molar-refractivity contribution in [1.82, 2.24) is 0 Å². The number of anilines is 1. The van der Waals surface area contributed by atoms with Gasteiger partial charge < -0.3 is 15.5 Å². The molecule has 3 nitrogen and oxygen atoms in total. The van der Waals surface area contributed by atoms with E-state index in [0.29, 0.717) is 5.02 Å². The van der Waals surface area contributed by atoms with Gasteiger partial charge in [-0.05, 0) is 49.2 Å². The van der Waals surface area contributed by atoms with Crippen molar-refractivity contribution in [3.05, 3.63) is 52.5 Å². The van der Waals surface area contributed by atoms with Crippen LogP contribution in [0.3, 0.4) is 0 Å². The second-order valence-corrected chi connectivity index (χ2v) is 5.04. The Balaban J connectivity index is 2.25. The van der Waals surface area contributed by atoms with Gasteiger partial charge in [0.05, 0.1) is 0 Å². The summed E-state index contributed by atoms with van der Waals surface area (Å²) < 4.78 is 0. The van der Waals surface area contributed by atoms with Crippen LogP contribution in [0.25, 0.3) is 0 Å². The number of rotatable bonds is 3. The normalized spacial score (nSPS) is 12.2. The van der Waals surface area contributed by atoms with Crippen LogP contribution in [0.4, 0.5) is 5.69 Å². The first-order valence-corrected chi connectivity index (χ1v) is 6.39. The average molecular weight is 278 g/mol. The van der Waals surface area contributed by atoms with Crippen molar-refractivity contribution in [2.75, 3.05) is 5.32 Å².